The Balaban J connectivity index is 1.80. The first-order chi connectivity index (χ1) is 12.1. The van der Waals surface area contributed by atoms with Gasteiger partial charge in [-0.05, 0) is 54.6 Å². The monoisotopic (exact) mass is 332 g/mol. The van der Waals surface area contributed by atoms with Gasteiger partial charge in [0, 0.05) is 18.3 Å². The summed E-state index contributed by atoms with van der Waals surface area (Å²) in [7, 11) is 3.41. The van der Waals surface area contributed by atoms with Crippen LogP contribution in [0.15, 0.2) is 54.6 Å². The second-order valence-corrected chi connectivity index (χ2v) is 5.41. The van der Waals surface area contributed by atoms with E-state index in [1.54, 1.807) is 49.2 Å². The van der Waals surface area contributed by atoms with Crippen LogP contribution in [-0.4, -0.2) is 22.8 Å². The van der Waals surface area contributed by atoms with Crippen LogP contribution < -0.4 is 10.1 Å². The van der Waals surface area contributed by atoms with Gasteiger partial charge in [-0.2, -0.15) is 10.4 Å². The normalized spacial score (nSPS) is 10.1. The lowest BCUT2D eigenvalue weighted by Gasteiger charge is -2.03. The van der Waals surface area contributed by atoms with Crippen LogP contribution in [0.5, 0.6) is 5.75 Å². The number of aryl methyl sites for hydroxylation is 1. The van der Waals surface area contributed by atoms with Crippen molar-refractivity contribution in [1.82, 2.24) is 9.78 Å². The number of hydrogen-bond donors (Lipinski definition) is 1. The van der Waals surface area contributed by atoms with Gasteiger partial charge in [0.05, 0.1) is 24.4 Å². The van der Waals surface area contributed by atoms with Gasteiger partial charge >= 0.3 is 0 Å². The minimum Gasteiger partial charge on any atom is -0.497 e. The number of amides is 1. The summed E-state index contributed by atoms with van der Waals surface area (Å²) in [6.45, 7) is 0. The molecule has 0 atom stereocenters. The Labute approximate surface area is 145 Å². The third-order valence-corrected chi connectivity index (χ3v) is 3.77. The molecule has 0 aliphatic heterocycles. The van der Waals surface area contributed by atoms with Gasteiger partial charge in [0.1, 0.15) is 5.75 Å². The minimum atomic E-state index is -0.305. The standard InChI is InChI=1S/C19H16N4O2/c1-23-18(14-5-9-16(25-2)10-6-14)11-17(22-23)19(24)21-15-7-3-13(12-20)4-8-15/h3-11H,1-2H3,(H,21,24). The molecule has 3 aromatic rings. The molecule has 0 unspecified atom stereocenters. The topological polar surface area (TPSA) is 79.9 Å². The van der Waals surface area contributed by atoms with Crippen molar-refractivity contribution < 1.29 is 9.53 Å². The highest BCUT2D eigenvalue weighted by Gasteiger charge is 2.14. The van der Waals surface area contributed by atoms with Crippen LogP contribution in [0.25, 0.3) is 11.3 Å². The molecular formula is C19H16N4O2. The van der Waals surface area contributed by atoms with Gasteiger partial charge in [-0.15, -0.1) is 0 Å². The Morgan fingerprint density at radius 1 is 1.16 bits per heavy atom. The molecule has 1 N–H and O–H groups in total. The number of benzene rings is 2. The molecule has 0 saturated carbocycles. The predicted molar refractivity (Wildman–Crippen MR) is 94.3 cm³/mol. The smallest absolute Gasteiger partial charge is 0.276 e. The van der Waals surface area contributed by atoms with Crippen LogP contribution in [0.3, 0.4) is 0 Å². The van der Waals surface area contributed by atoms with E-state index in [4.69, 9.17) is 10.00 Å². The molecule has 0 aliphatic carbocycles. The van der Waals surface area contributed by atoms with Crippen molar-refractivity contribution in [2.24, 2.45) is 7.05 Å². The van der Waals surface area contributed by atoms with Crippen molar-refractivity contribution in [3.8, 4) is 23.1 Å². The lowest BCUT2D eigenvalue weighted by Crippen LogP contribution is -2.12. The summed E-state index contributed by atoms with van der Waals surface area (Å²) in [5.41, 5.74) is 3.23. The van der Waals surface area contributed by atoms with Crippen molar-refractivity contribution >= 4 is 11.6 Å². The van der Waals surface area contributed by atoms with Crippen LogP contribution in [0, 0.1) is 11.3 Å². The number of aromatic nitrogens is 2. The van der Waals surface area contributed by atoms with Crippen molar-refractivity contribution in [3.05, 3.63) is 65.9 Å². The van der Waals surface area contributed by atoms with Crippen LogP contribution in [0.4, 0.5) is 5.69 Å². The summed E-state index contributed by atoms with van der Waals surface area (Å²) in [6.07, 6.45) is 0. The molecule has 0 spiro atoms. The molecule has 1 heterocycles. The molecule has 2 aromatic carbocycles. The summed E-state index contributed by atoms with van der Waals surface area (Å²) in [6, 6.07) is 18.0. The lowest BCUT2D eigenvalue weighted by molar-refractivity contribution is 0.102. The zero-order valence-corrected chi connectivity index (χ0v) is 13.9. The maximum atomic E-state index is 12.4. The first-order valence-corrected chi connectivity index (χ1v) is 7.60. The average molecular weight is 332 g/mol. The van der Waals surface area contributed by atoms with Crippen LogP contribution >= 0.6 is 0 Å². The largest absolute Gasteiger partial charge is 0.497 e. The van der Waals surface area contributed by atoms with E-state index in [0.29, 0.717) is 16.9 Å². The second-order valence-electron chi connectivity index (χ2n) is 5.41. The van der Waals surface area contributed by atoms with E-state index < -0.39 is 0 Å². The third kappa shape index (κ3) is 3.51. The summed E-state index contributed by atoms with van der Waals surface area (Å²) in [5.74, 6) is 0.463. The Bertz CT molecular complexity index is 935. The number of nitrogens with one attached hydrogen (secondary N) is 1. The van der Waals surface area contributed by atoms with Crippen molar-refractivity contribution in [2.45, 2.75) is 0 Å². The third-order valence-electron chi connectivity index (χ3n) is 3.77. The molecule has 0 aliphatic rings. The van der Waals surface area contributed by atoms with E-state index in [1.165, 1.54) is 0 Å². The highest BCUT2D eigenvalue weighted by Crippen LogP contribution is 2.23. The molecule has 6 heteroatoms. The number of ether oxygens (including phenoxy) is 1. The van der Waals surface area contributed by atoms with Gasteiger partial charge in [0.15, 0.2) is 5.69 Å². The lowest BCUT2D eigenvalue weighted by atomic mass is 10.1. The predicted octanol–water partition coefficient (Wildman–Crippen LogP) is 3.22. The first-order valence-electron chi connectivity index (χ1n) is 7.60. The molecule has 1 amide bonds. The van der Waals surface area contributed by atoms with Gasteiger partial charge in [0.25, 0.3) is 5.91 Å². The van der Waals surface area contributed by atoms with Crippen LogP contribution in [0.1, 0.15) is 16.1 Å². The summed E-state index contributed by atoms with van der Waals surface area (Å²) < 4.78 is 6.82. The summed E-state index contributed by atoms with van der Waals surface area (Å²) in [4.78, 5) is 12.4. The Morgan fingerprint density at radius 2 is 1.84 bits per heavy atom. The van der Waals surface area contributed by atoms with E-state index in [1.807, 2.05) is 30.3 Å². The average Bonchev–Trinajstić information content (AvgIpc) is 3.04. The zero-order chi connectivity index (χ0) is 17.8. The minimum absolute atomic E-state index is 0.305. The fraction of sp³-hybridized carbons (Fsp3) is 0.105. The molecule has 0 bridgehead atoms. The molecular weight excluding hydrogens is 316 g/mol. The number of methoxy groups -OCH3 is 1. The molecule has 0 radical (unpaired) electrons. The first kappa shape index (κ1) is 16.3. The van der Waals surface area contributed by atoms with Gasteiger partial charge in [-0.25, -0.2) is 0 Å². The number of anilines is 1. The quantitative estimate of drug-likeness (QED) is 0.795. The van der Waals surface area contributed by atoms with Gasteiger partial charge in [0.2, 0.25) is 0 Å². The van der Waals surface area contributed by atoms with Gasteiger partial charge in [-0.3, -0.25) is 9.48 Å². The maximum Gasteiger partial charge on any atom is 0.276 e. The number of rotatable bonds is 4. The highest BCUT2D eigenvalue weighted by molar-refractivity contribution is 6.03. The fourth-order valence-corrected chi connectivity index (χ4v) is 2.43. The van der Waals surface area contributed by atoms with E-state index in [9.17, 15) is 4.79 Å². The second kappa shape index (κ2) is 6.89. The van der Waals surface area contributed by atoms with E-state index in [0.717, 1.165) is 17.0 Å². The van der Waals surface area contributed by atoms with Crippen molar-refractivity contribution in [2.75, 3.05) is 12.4 Å². The molecule has 0 fully saturated rings. The fourth-order valence-electron chi connectivity index (χ4n) is 2.43. The number of carbonyl (C=O) groups is 1. The van der Waals surface area contributed by atoms with E-state index in [2.05, 4.69) is 10.4 Å². The number of carbonyl (C=O) groups excluding carboxylic acids is 1. The molecule has 124 valence electrons. The number of nitriles is 1. The molecule has 25 heavy (non-hydrogen) atoms. The molecule has 0 saturated heterocycles. The molecule has 6 nitrogen and oxygen atoms in total. The van der Waals surface area contributed by atoms with E-state index >= 15 is 0 Å². The Hall–Kier alpha value is -3.59. The van der Waals surface area contributed by atoms with Crippen molar-refractivity contribution in [3.63, 3.8) is 0 Å². The molecule has 1 aromatic heterocycles. The maximum absolute atomic E-state index is 12.4. The molecule has 3 rings (SSSR count). The van der Waals surface area contributed by atoms with Crippen LogP contribution in [-0.2, 0) is 7.05 Å². The summed E-state index contributed by atoms with van der Waals surface area (Å²) in [5, 5.41) is 15.9. The Morgan fingerprint density at radius 3 is 2.44 bits per heavy atom. The Kier molecular flexibility index (Phi) is 4.48. The number of nitrogens with zero attached hydrogens (tertiary/aromatic N) is 3. The van der Waals surface area contributed by atoms with Crippen molar-refractivity contribution in [1.29, 1.82) is 5.26 Å². The van der Waals surface area contributed by atoms with Gasteiger partial charge in [-0.1, -0.05) is 0 Å². The number of hydrogen-bond acceptors (Lipinski definition) is 4. The van der Waals surface area contributed by atoms with E-state index in [-0.39, 0.29) is 5.91 Å². The van der Waals surface area contributed by atoms with Gasteiger partial charge < -0.3 is 10.1 Å². The SMILES string of the molecule is COc1ccc(-c2cc(C(=O)Nc3ccc(C#N)cc3)nn2C)cc1. The highest BCUT2D eigenvalue weighted by atomic mass is 16.5. The van der Waals surface area contributed by atoms with Crippen LogP contribution in [0.2, 0.25) is 0 Å². The zero-order valence-electron chi connectivity index (χ0n) is 13.9. The summed E-state index contributed by atoms with van der Waals surface area (Å²) >= 11 is 0.